The van der Waals surface area contributed by atoms with Crippen molar-refractivity contribution in [2.75, 3.05) is 20.2 Å². The molecule has 162 valence electrons. The van der Waals surface area contributed by atoms with Gasteiger partial charge in [0.25, 0.3) is 0 Å². The molecule has 2 N–H and O–H groups in total. The van der Waals surface area contributed by atoms with E-state index in [1.165, 1.54) is 18.1 Å². The molecule has 1 aliphatic heterocycles. The summed E-state index contributed by atoms with van der Waals surface area (Å²) in [6, 6.07) is 12.2. The Morgan fingerprint density at radius 3 is 2.55 bits per heavy atom. The fourth-order valence-electron chi connectivity index (χ4n) is 3.84. The quantitative estimate of drug-likeness (QED) is 0.593. The topological polar surface area (TPSA) is 92.0 Å². The maximum atomic E-state index is 13.9. The zero-order valence-electron chi connectivity index (χ0n) is 17.1. The first-order valence-corrected chi connectivity index (χ1v) is 10.1. The summed E-state index contributed by atoms with van der Waals surface area (Å²) in [6.07, 6.45) is 0.728. The van der Waals surface area contributed by atoms with Gasteiger partial charge in [-0.3, -0.25) is 0 Å². The number of esters is 1. The number of furan rings is 1. The van der Waals surface area contributed by atoms with Crippen LogP contribution in [0.25, 0.3) is 22.3 Å². The van der Waals surface area contributed by atoms with Crippen LogP contribution >= 0.6 is 0 Å². The Morgan fingerprint density at radius 2 is 1.90 bits per heavy atom. The zero-order chi connectivity index (χ0) is 22.0. The summed E-state index contributed by atoms with van der Waals surface area (Å²) in [6.45, 7) is 1.77. The maximum Gasteiger partial charge on any atom is 0.407 e. The van der Waals surface area contributed by atoms with Crippen molar-refractivity contribution in [1.29, 1.82) is 0 Å². The molecule has 2 heterocycles. The first-order chi connectivity index (χ1) is 14.9. The number of carbonyl (C=O) groups is 2. The number of carboxylic acid groups (broad SMARTS) is 1. The van der Waals surface area contributed by atoms with Crippen molar-refractivity contribution in [3.05, 3.63) is 59.4 Å². The van der Waals surface area contributed by atoms with Crippen molar-refractivity contribution >= 4 is 23.0 Å². The maximum absolute atomic E-state index is 13.9. The molecule has 1 aliphatic rings. The molecule has 1 saturated heterocycles. The van der Waals surface area contributed by atoms with E-state index in [0.717, 1.165) is 30.0 Å². The number of benzene rings is 2. The third-order valence-corrected chi connectivity index (χ3v) is 5.59. The lowest BCUT2D eigenvalue weighted by molar-refractivity contribution is 0.0601. The highest BCUT2D eigenvalue weighted by Crippen LogP contribution is 2.31. The largest absolute Gasteiger partial charge is 0.465 e. The molecule has 1 amide bonds. The third-order valence-electron chi connectivity index (χ3n) is 5.59. The lowest BCUT2D eigenvalue weighted by Crippen LogP contribution is -2.44. The van der Waals surface area contributed by atoms with Gasteiger partial charge in [-0.2, -0.15) is 0 Å². The summed E-state index contributed by atoms with van der Waals surface area (Å²) in [5.41, 5.74) is 2.24. The summed E-state index contributed by atoms with van der Waals surface area (Å²) in [4.78, 5) is 24.4. The average molecular weight is 426 g/mol. The van der Waals surface area contributed by atoms with Gasteiger partial charge in [-0.1, -0.05) is 24.3 Å². The lowest BCUT2D eigenvalue weighted by atomic mass is 10.0. The number of piperidine rings is 1. The monoisotopic (exact) mass is 426 g/mol. The number of nitrogens with one attached hydrogen (secondary N) is 1. The first-order valence-electron chi connectivity index (χ1n) is 10.1. The molecule has 4 rings (SSSR count). The highest BCUT2D eigenvalue weighted by molar-refractivity contribution is 6.03. The lowest BCUT2D eigenvalue weighted by Gasteiger charge is -2.30. The number of halogens is 1. The third kappa shape index (κ3) is 4.54. The van der Waals surface area contributed by atoms with Crippen molar-refractivity contribution in [2.24, 2.45) is 0 Å². The second-order valence-corrected chi connectivity index (χ2v) is 7.60. The Labute approximate surface area is 178 Å². The van der Waals surface area contributed by atoms with Crippen LogP contribution in [-0.2, 0) is 11.3 Å². The standard InChI is InChI=1S/C23H23FN2O5/c1-30-22(27)19-12-17(24)10-16-11-20(31-21(16)19)15-4-2-14(3-5-15)13-25-18-6-8-26(9-7-18)23(28)29/h2-5,10-12,18,25H,6-9,13H2,1H3,(H,28,29). The number of hydrogen-bond acceptors (Lipinski definition) is 5. The Hall–Kier alpha value is -3.39. The molecule has 3 aromatic rings. The Balaban J connectivity index is 1.44. The number of fused-ring (bicyclic) bond motifs is 1. The molecule has 0 aliphatic carbocycles. The molecule has 2 aromatic carbocycles. The number of ether oxygens (including phenoxy) is 1. The van der Waals surface area contributed by atoms with Crippen LogP contribution in [0, 0.1) is 5.82 Å². The Morgan fingerprint density at radius 1 is 1.19 bits per heavy atom. The predicted octanol–water partition coefficient (Wildman–Crippen LogP) is 4.26. The van der Waals surface area contributed by atoms with Gasteiger partial charge >= 0.3 is 12.1 Å². The molecule has 0 bridgehead atoms. The minimum absolute atomic E-state index is 0.0542. The molecule has 1 aromatic heterocycles. The van der Waals surface area contributed by atoms with Gasteiger partial charge in [0.05, 0.1) is 7.11 Å². The molecular formula is C23H23FN2O5. The van der Waals surface area contributed by atoms with E-state index >= 15 is 0 Å². The summed E-state index contributed by atoms with van der Waals surface area (Å²) >= 11 is 0. The van der Waals surface area contributed by atoms with Crippen LogP contribution in [0.2, 0.25) is 0 Å². The molecule has 7 nitrogen and oxygen atoms in total. The van der Waals surface area contributed by atoms with Gasteiger partial charge in [0.15, 0.2) is 0 Å². The second kappa shape index (κ2) is 8.77. The summed E-state index contributed by atoms with van der Waals surface area (Å²) in [5.74, 6) is -0.650. The van der Waals surface area contributed by atoms with Crippen LogP contribution in [0.3, 0.4) is 0 Å². The molecule has 0 radical (unpaired) electrons. The fourth-order valence-corrected chi connectivity index (χ4v) is 3.84. The van der Waals surface area contributed by atoms with Crippen LogP contribution in [0.1, 0.15) is 28.8 Å². The van der Waals surface area contributed by atoms with Crippen LogP contribution in [0.15, 0.2) is 46.9 Å². The number of amides is 1. The number of likely N-dealkylation sites (tertiary alicyclic amines) is 1. The van der Waals surface area contributed by atoms with Crippen LogP contribution in [0.4, 0.5) is 9.18 Å². The van der Waals surface area contributed by atoms with E-state index < -0.39 is 17.9 Å². The van der Waals surface area contributed by atoms with Gasteiger partial charge in [0, 0.05) is 36.6 Å². The Bertz CT molecular complexity index is 1100. The van der Waals surface area contributed by atoms with E-state index in [2.05, 4.69) is 5.32 Å². The van der Waals surface area contributed by atoms with Gasteiger partial charge in [0.2, 0.25) is 0 Å². The van der Waals surface area contributed by atoms with Crippen molar-refractivity contribution in [3.63, 3.8) is 0 Å². The van der Waals surface area contributed by atoms with E-state index in [4.69, 9.17) is 14.3 Å². The minimum atomic E-state index is -0.860. The summed E-state index contributed by atoms with van der Waals surface area (Å²) in [5, 5.41) is 13.0. The highest BCUT2D eigenvalue weighted by Gasteiger charge is 2.22. The molecule has 0 spiro atoms. The smallest absolute Gasteiger partial charge is 0.407 e. The SMILES string of the molecule is COC(=O)c1cc(F)cc2cc(-c3ccc(CNC4CCN(C(=O)O)CC4)cc3)oc12. The van der Waals surface area contributed by atoms with E-state index in [1.807, 2.05) is 24.3 Å². The fraction of sp³-hybridized carbons (Fsp3) is 0.304. The number of nitrogens with zero attached hydrogens (tertiary/aromatic N) is 1. The first kappa shape index (κ1) is 20.9. The highest BCUT2D eigenvalue weighted by atomic mass is 19.1. The second-order valence-electron chi connectivity index (χ2n) is 7.60. The van der Waals surface area contributed by atoms with Crippen molar-refractivity contribution in [1.82, 2.24) is 10.2 Å². The van der Waals surface area contributed by atoms with Gasteiger partial charge in [-0.25, -0.2) is 14.0 Å². The minimum Gasteiger partial charge on any atom is -0.465 e. The van der Waals surface area contributed by atoms with Gasteiger partial charge in [-0.15, -0.1) is 0 Å². The molecule has 31 heavy (non-hydrogen) atoms. The predicted molar refractivity (Wildman–Crippen MR) is 112 cm³/mol. The van der Waals surface area contributed by atoms with Crippen LogP contribution in [0.5, 0.6) is 0 Å². The number of carbonyl (C=O) groups excluding carboxylic acids is 1. The zero-order valence-corrected chi connectivity index (χ0v) is 17.1. The Kier molecular flexibility index (Phi) is 5.90. The van der Waals surface area contributed by atoms with Crippen LogP contribution in [-0.4, -0.2) is 48.3 Å². The van der Waals surface area contributed by atoms with E-state index in [-0.39, 0.29) is 11.6 Å². The van der Waals surface area contributed by atoms with Gasteiger partial charge in [0.1, 0.15) is 22.7 Å². The molecule has 0 unspecified atom stereocenters. The van der Waals surface area contributed by atoms with Crippen molar-refractivity contribution in [2.45, 2.75) is 25.4 Å². The number of hydrogen-bond donors (Lipinski definition) is 2. The summed E-state index contributed by atoms with van der Waals surface area (Å²) < 4.78 is 24.4. The van der Waals surface area contributed by atoms with Crippen LogP contribution < -0.4 is 5.32 Å². The summed E-state index contributed by atoms with van der Waals surface area (Å²) in [7, 11) is 1.24. The molecule has 0 atom stereocenters. The molecule has 0 saturated carbocycles. The normalized spacial score (nSPS) is 14.7. The van der Waals surface area contributed by atoms with E-state index in [1.54, 1.807) is 6.07 Å². The van der Waals surface area contributed by atoms with E-state index in [0.29, 0.717) is 36.4 Å². The van der Waals surface area contributed by atoms with Crippen molar-refractivity contribution < 1.29 is 28.2 Å². The van der Waals surface area contributed by atoms with Crippen molar-refractivity contribution in [3.8, 4) is 11.3 Å². The molecule has 1 fully saturated rings. The average Bonchev–Trinajstić information content (AvgIpc) is 3.21. The number of methoxy groups -OCH3 is 1. The molecule has 8 heteroatoms. The van der Waals surface area contributed by atoms with Gasteiger partial charge < -0.3 is 24.5 Å². The molecular weight excluding hydrogens is 403 g/mol. The van der Waals surface area contributed by atoms with E-state index in [9.17, 15) is 14.0 Å². The van der Waals surface area contributed by atoms with Gasteiger partial charge in [-0.05, 0) is 36.6 Å². The number of rotatable bonds is 5.